The van der Waals surface area contributed by atoms with Crippen molar-refractivity contribution in [3.8, 4) is 23.3 Å². The lowest BCUT2D eigenvalue weighted by molar-refractivity contribution is 0.394. The van der Waals surface area contributed by atoms with E-state index in [0.717, 1.165) is 23.6 Å². The van der Waals surface area contributed by atoms with Crippen molar-refractivity contribution >= 4 is 0 Å². The van der Waals surface area contributed by atoms with Gasteiger partial charge in [-0.25, -0.2) is 0 Å². The second kappa shape index (κ2) is 6.04. The van der Waals surface area contributed by atoms with Crippen molar-refractivity contribution in [2.45, 2.75) is 0 Å². The van der Waals surface area contributed by atoms with E-state index < -0.39 is 0 Å². The second-order valence-electron chi connectivity index (χ2n) is 3.64. The highest BCUT2D eigenvalue weighted by Crippen LogP contribution is 2.21. The molecule has 0 amide bonds. The van der Waals surface area contributed by atoms with Crippen LogP contribution in [0.25, 0.3) is 0 Å². The maximum atomic E-state index is 5.17. The third-order valence-electron chi connectivity index (χ3n) is 1.98. The highest BCUT2D eigenvalue weighted by atomic mass is 16.5. The Bertz CT molecular complexity index is 380. The third-order valence-corrected chi connectivity index (χ3v) is 1.98. The van der Waals surface area contributed by atoms with E-state index in [9.17, 15) is 0 Å². The first-order valence-corrected chi connectivity index (χ1v) is 5.02. The Hall–Kier alpha value is -1.66. The van der Waals surface area contributed by atoms with Gasteiger partial charge in [-0.2, -0.15) is 0 Å². The van der Waals surface area contributed by atoms with Gasteiger partial charge in [-0.3, -0.25) is 4.90 Å². The molecule has 3 heteroatoms. The van der Waals surface area contributed by atoms with Crippen molar-refractivity contribution < 1.29 is 9.47 Å². The molecule has 0 bridgehead atoms. The van der Waals surface area contributed by atoms with Crippen molar-refractivity contribution in [3.05, 3.63) is 23.8 Å². The van der Waals surface area contributed by atoms with Gasteiger partial charge in [0.1, 0.15) is 11.5 Å². The molecule has 1 aromatic rings. The van der Waals surface area contributed by atoms with Crippen molar-refractivity contribution in [1.29, 1.82) is 0 Å². The Morgan fingerprint density at radius 1 is 1.06 bits per heavy atom. The molecule has 86 valence electrons. The Kier molecular flexibility index (Phi) is 4.68. The topological polar surface area (TPSA) is 21.7 Å². The van der Waals surface area contributed by atoms with Gasteiger partial charge in [0.25, 0.3) is 0 Å². The zero-order valence-electron chi connectivity index (χ0n) is 10.2. The molecule has 3 nitrogen and oxygen atoms in total. The molecule has 0 saturated carbocycles. The quantitative estimate of drug-likeness (QED) is 0.721. The van der Waals surface area contributed by atoms with Gasteiger partial charge in [-0.05, 0) is 26.2 Å². The van der Waals surface area contributed by atoms with Gasteiger partial charge in [0.15, 0.2) is 0 Å². The first-order chi connectivity index (χ1) is 7.65. The molecule has 0 atom stereocenters. The van der Waals surface area contributed by atoms with Crippen LogP contribution in [0.4, 0.5) is 0 Å². The van der Waals surface area contributed by atoms with Crippen LogP contribution in [0, 0.1) is 11.8 Å². The van der Waals surface area contributed by atoms with Crippen molar-refractivity contribution in [2.24, 2.45) is 0 Å². The Labute approximate surface area is 97.0 Å². The van der Waals surface area contributed by atoms with Crippen LogP contribution >= 0.6 is 0 Å². The molecule has 0 aromatic heterocycles. The van der Waals surface area contributed by atoms with Gasteiger partial charge in [0.2, 0.25) is 0 Å². The zero-order valence-corrected chi connectivity index (χ0v) is 10.2. The predicted octanol–water partition coefficient (Wildman–Crippen LogP) is 1.62. The molecular weight excluding hydrogens is 202 g/mol. The summed E-state index contributed by atoms with van der Waals surface area (Å²) in [4.78, 5) is 2.02. The van der Waals surface area contributed by atoms with E-state index in [4.69, 9.17) is 9.47 Å². The number of ether oxygens (including phenoxy) is 2. The highest BCUT2D eigenvalue weighted by molar-refractivity contribution is 5.46. The Morgan fingerprint density at radius 3 is 2.06 bits per heavy atom. The maximum Gasteiger partial charge on any atom is 0.123 e. The number of nitrogens with zero attached hydrogens (tertiary/aromatic N) is 1. The third kappa shape index (κ3) is 3.84. The average molecular weight is 219 g/mol. The minimum absolute atomic E-state index is 0.736. The van der Waals surface area contributed by atoms with Crippen LogP contribution in [0.3, 0.4) is 0 Å². The summed E-state index contributed by atoms with van der Waals surface area (Å²) in [6.07, 6.45) is 0. The molecule has 0 spiro atoms. The summed E-state index contributed by atoms with van der Waals surface area (Å²) in [5.74, 6) is 7.66. The molecular formula is C13H17NO2. The standard InChI is InChI=1S/C13H17NO2/c1-14(2)7-5-6-11-8-12(15-3)10-13(9-11)16-4/h8-10H,7H2,1-4H3. The van der Waals surface area contributed by atoms with Crippen LogP contribution < -0.4 is 9.47 Å². The van der Waals surface area contributed by atoms with Crippen LogP contribution in [-0.4, -0.2) is 39.8 Å². The van der Waals surface area contributed by atoms with E-state index in [1.807, 2.05) is 37.2 Å². The first-order valence-electron chi connectivity index (χ1n) is 5.02. The van der Waals surface area contributed by atoms with Crippen LogP contribution in [-0.2, 0) is 0 Å². The molecule has 1 aromatic carbocycles. The Balaban J connectivity index is 2.89. The smallest absolute Gasteiger partial charge is 0.123 e. The number of hydrogen-bond donors (Lipinski definition) is 0. The van der Waals surface area contributed by atoms with Crippen LogP contribution in [0.5, 0.6) is 11.5 Å². The van der Waals surface area contributed by atoms with E-state index in [1.165, 1.54) is 0 Å². The second-order valence-corrected chi connectivity index (χ2v) is 3.64. The Morgan fingerprint density at radius 2 is 1.62 bits per heavy atom. The highest BCUT2D eigenvalue weighted by Gasteiger charge is 1.99. The fourth-order valence-electron chi connectivity index (χ4n) is 1.18. The van der Waals surface area contributed by atoms with Crippen molar-refractivity contribution in [3.63, 3.8) is 0 Å². The average Bonchev–Trinajstić information content (AvgIpc) is 2.28. The number of methoxy groups -OCH3 is 2. The number of rotatable bonds is 3. The molecule has 0 unspecified atom stereocenters. The minimum atomic E-state index is 0.736. The van der Waals surface area contributed by atoms with Gasteiger partial charge in [-0.15, -0.1) is 0 Å². The normalized spacial score (nSPS) is 9.56. The monoisotopic (exact) mass is 219 g/mol. The fourth-order valence-corrected chi connectivity index (χ4v) is 1.18. The van der Waals surface area contributed by atoms with Crippen LogP contribution in [0.15, 0.2) is 18.2 Å². The summed E-state index contributed by atoms with van der Waals surface area (Å²) in [7, 11) is 7.24. The molecule has 0 aliphatic rings. The maximum absolute atomic E-state index is 5.17. The van der Waals surface area contributed by atoms with Crippen molar-refractivity contribution in [2.75, 3.05) is 34.9 Å². The largest absolute Gasteiger partial charge is 0.497 e. The van der Waals surface area contributed by atoms with E-state index >= 15 is 0 Å². The minimum Gasteiger partial charge on any atom is -0.497 e. The van der Waals surface area contributed by atoms with Gasteiger partial charge in [0, 0.05) is 11.6 Å². The zero-order chi connectivity index (χ0) is 12.0. The van der Waals surface area contributed by atoms with Crippen LogP contribution in [0.1, 0.15) is 5.56 Å². The SMILES string of the molecule is COc1cc(C#CCN(C)C)cc(OC)c1. The summed E-state index contributed by atoms with van der Waals surface area (Å²) in [5.41, 5.74) is 0.901. The summed E-state index contributed by atoms with van der Waals surface area (Å²) >= 11 is 0. The van der Waals surface area contributed by atoms with E-state index in [1.54, 1.807) is 14.2 Å². The van der Waals surface area contributed by atoms with E-state index in [-0.39, 0.29) is 0 Å². The molecule has 0 aliphatic heterocycles. The number of benzene rings is 1. The molecule has 0 N–H and O–H groups in total. The lowest BCUT2D eigenvalue weighted by Gasteiger charge is -2.05. The van der Waals surface area contributed by atoms with Gasteiger partial charge < -0.3 is 9.47 Å². The summed E-state index contributed by atoms with van der Waals surface area (Å²) < 4.78 is 10.3. The van der Waals surface area contributed by atoms with E-state index in [0.29, 0.717) is 0 Å². The molecule has 0 fully saturated rings. The summed E-state index contributed by atoms with van der Waals surface area (Å²) in [6, 6.07) is 5.62. The van der Waals surface area contributed by atoms with Crippen LogP contribution in [0.2, 0.25) is 0 Å². The predicted molar refractivity (Wildman–Crippen MR) is 65.0 cm³/mol. The molecule has 0 aliphatic carbocycles. The molecule has 16 heavy (non-hydrogen) atoms. The van der Waals surface area contributed by atoms with Crippen molar-refractivity contribution in [1.82, 2.24) is 4.90 Å². The summed E-state index contributed by atoms with van der Waals surface area (Å²) in [5, 5.41) is 0. The first kappa shape index (κ1) is 12.4. The van der Waals surface area contributed by atoms with Gasteiger partial charge in [-0.1, -0.05) is 11.8 Å². The lowest BCUT2D eigenvalue weighted by Crippen LogP contribution is -2.10. The van der Waals surface area contributed by atoms with Gasteiger partial charge in [0.05, 0.1) is 20.8 Å². The number of hydrogen-bond acceptors (Lipinski definition) is 3. The fraction of sp³-hybridized carbons (Fsp3) is 0.385. The van der Waals surface area contributed by atoms with Gasteiger partial charge >= 0.3 is 0 Å². The molecule has 1 rings (SSSR count). The lowest BCUT2D eigenvalue weighted by atomic mass is 10.2. The summed E-state index contributed by atoms with van der Waals surface area (Å²) in [6.45, 7) is 0.736. The molecule has 0 saturated heterocycles. The molecule has 0 radical (unpaired) electrons. The van der Waals surface area contributed by atoms with E-state index in [2.05, 4.69) is 11.8 Å². The molecule has 0 heterocycles.